The van der Waals surface area contributed by atoms with Crippen molar-refractivity contribution in [2.75, 3.05) is 17.7 Å². The van der Waals surface area contributed by atoms with Crippen LogP contribution < -0.4 is 10.6 Å². The van der Waals surface area contributed by atoms with Gasteiger partial charge in [0.1, 0.15) is 5.82 Å². The molecule has 0 saturated heterocycles. The quantitative estimate of drug-likeness (QED) is 0.896. The minimum Gasteiger partial charge on any atom is -0.453 e. The van der Waals surface area contributed by atoms with Crippen molar-refractivity contribution in [2.45, 2.75) is 13.5 Å². The molecule has 0 spiro atoms. The number of amides is 1. The zero-order valence-corrected chi connectivity index (χ0v) is 11.9. The molecule has 1 amide bonds. The van der Waals surface area contributed by atoms with E-state index in [0.717, 1.165) is 16.8 Å². The molecule has 110 valence electrons. The number of benzene rings is 2. The summed E-state index contributed by atoms with van der Waals surface area (Å²) < 4.78 is 17.5. The molecule has 0 aliphatic heterocycles. The van der Waals surface area contributed by atoms with Gasteiger partial charge in [0, 0.05) is 17.9 Å². The van der Waals surface area contributed by atoms with Gasteiger partial charge in [-0.05, 0) is 54.4 Å². The Morgan fingerprint density at radius 3 is 2.43 bits per heavy atom. The van der Waals surface area contributed by atoms with Crippen molar-refractivity contribution in [3.63, 3.8) is 0 Å². The van der Waals surface area contributed by atoms with Crippen molar-refractivity contribution in [1.82, 2.24) is 0 Å². The maximum atomic E-state index is 13.0. The van der Waals surface area contributed by atoms with Crippen LogP contribution >= 0.6 is 0 Å². The summed E-state index contributed by atoms with van der Waals surface area (Å²) in [6.45, 7) is 2.49. The average Bonchev–Trinajstić information content (AvgIpc) is 2.48. The van der Waals surface area contributed by atoms with Gasteiger partial charge in [0.2, 0.25) is 0 Å². The summed E-state index contributed by atoms with van der Waals surface area (Å²) in [4.78, 5) is 11.1. The highest BCUT2D eigenvalue weighted by Gasteiger charge is 2.02. The Labute approximate surface area is 122 Å². The van der Waals surface area contributed by atoms with Gasteiger partial charge in [-0.3, -0.25) is 5.32 Å². The highest BCUT2D eigenvalue weighted by atomic mass is 19.1. The molecule has 0 saturated carbocycles. The van der Waals surface area contributed by atoms with E-state index in [2.05, 4.69) is 15.4 Å². The van der Waals surface area contributed by atoms with Gasteiger partial charge in [-0.15, -0.1) is 0 Å². The van der Waals surface area contributed by atoms with Gasteiger partial charge >= 0.3 is 6.09 Å². The van der Waals surface area contributed by atoms with Crippen molar-refractivity contribution in [2.24, 2.45) is 0 Å². The van der Waals surface area contributed by atoms with E-state index in [-0.39, 0.29) is 5.82 Å². The third kappa shape index (κ3) is 4.21. The first-order valence-corrected chi connectivity index (χ1v) is 6.52. The molecule has 0 radical (unpaired) electrons. The lowest BCUT2D eigenvalue weighted by atomic mass is 10.1. The largest absolute Gasteiger partial charge is 0.453 e. The molecule has 2 aromatic rings. The molecule has 0 aliphatic carbocycles. The normalized spacial score (nSPS) is 10.0. The number of carbonyl (C=O) groups excluding carboxylic acids is 1. The summed E-state index contributed by atoms with van der Waals surface area (Å²) in [7, 11) is 1.32. The predicted octanol–water partition coefficient (Wildman–Crippen LogP) is 3.92. The fourth-order valence-electron chi connectivity index (χ4n) is 1.90. The molecule has 5 heteroatoms. The van der Waals surface area contributed by atoms with E-state index in [9.17, 15) is 9.18 Å². The Bertz CT molecular complexity index is 627. The van der Waals surface area contributed by atoms with Crippen molar-refractivity contribution in [3.8, 4) is 0 Å². The summed E-state index contributed by atoms with van der Waals surface area (Å²) in [6, 6.07) is 12.0. The van der Waals surface area contributed by atoms with Crippen molar-refractivity contribution >= 4 is 17.5 Å². The van der Waals surface area contributed by atoms with Crippen LogP contribution in [0.25, 0.3) is 0 Å². The molecule has 0 aromatic heterocycles. The molecule has 2 rings (SSSR count). The lowest BCUT2D eigenvalue weighted by Crippen LogP contribution is -2.10. The lowest BCUT2D eigenvalue weighted by molar-refractivity contribution is 0.187. The average molecular weight is 288 g/mol. The number of rotatable bonds is 4. The number of halogens is 1. The molecule has 4 nitrogen and oxygen atoms in total. The summed E-state index contributed by atoms with van der Waals surface area (Å²) in [5.74, 6) is -0.227. The van der Waals surface area contributed by atoms with Crippen LogP contribution in [-0.4, -0.2) is 13.2 Å². The fraction of sp³-hybridized carbons (Fsp3) is 0.188. The molecular formula is C16H17FN2O2. The molecule has 0 unspecified atom stereocenters. The predicted molar refractivity (Wildman–Crippen MR) is 80.9 cm³/mol. The summed E-state index contributed by atoms with van der Waals surface area (Å²) >= 11 is 0. The lowest BCUT2D eigenvalue weighted by Gasteiger charge is -2.10. The fourth-order valence-corrected chi connectivity index (χ4v) is 1.90. The van der Waals surface area contributed by atoms with Crippen LogP contribution in [0, 0.1) is 12.7 Å². The number of anilines is 2. The van der Waals surface area contributed by atoms with Gasteiger partial charge in [-0.2, -0.15) is 0 Å². The van der Waals surface area contributed by atoms with Gasteiger partial charge in [0.15, 0.2) is 0 Å². The van der Waals surface area contributed by atoms with E-state index in [1.54, 1.807) is 18.2 Å². The summed E-state index contributed by atoms with van der Waals surface area (Å²) in [6.07, 6.45) is -0.502. The minimum atomic E-state index is -0.502. The van der Waals surface area contributed by atoms with Crippen LogP contribution in [0.3, 0.4) is 0 Å². The van der Waals surface area contributed by atoms with Gasteiger partial charge in [0.25, 0.3) is 0 Å². The smallest absolute Gasteiger partial charge is 0.411 e. The maximum Gasteiger partial charge on any atom is 0.411 e. The minimum absolute atomic E-state index is 0.227. The number of ether oxygens (including phenoxy) is 1. The summed E-state index contributed by atoms with van der Waals surface area (Å²) in [5, 5.41) is 5.83. The molecule has 0 bridgehead atoms. The molecule has 0 atom stereocenters. The highest BCUT2D eigenvalue weighted by Crippen LogP contribution is 2.16. The van der Waals surface area contributed by atoms with Crippen LogP contribution in [0.5, 0.6) is 0 Å². The maximum absolute atomic E-state index is 13.0. The zero-order chi connectivity index (χ0) is 15.2. The number of aryl methyl sites for hydroxylation is 1. The second kappa shape index (κ2) is 6.74. The van der Waals surface area contributed by atoms with Crippen LogP contribution in [-0.2, 0) is 11.3 Å². The third-order valence-electron chi connectivity index (χ3n) is 3.10. The molecule has 2 aromatic carbocycles. The van der Waals surface area contributed by atoms with Crippen LogP contribution in [0.4, 0.5) is 20.6 Å². The first kappa shape index (κ1) is 14.8. The molecule has 2 N–H and O–H groups in total. The number of methoxy groups -OCH3 is 1. The summed E-state index contributed by atoms with van der Waals surface area (Å²) in [5.41, 5.74) is 3.51. The van der Waals surface area contributed by atoms with Crippen molar-refractivity contribution in [1.29, 1.82) is 0 Å². The van der Waals surface area contributed by atoms with Gasteiger partial charge in [-0.25, -0.2) is 9.18 Å². The molecule has 0 fully saturated rings. The molecule has 0 heterocycles. The Morgan fingerprint density at radius 1 is 1.14 bits per heavy atom. The zero-order valence-electron chi connectivity index (χ0n) is 11.9. The van der Waals surface area contributed by atoms with Crippen LogP contribution in [0.2, 0.25) is 0 Å². The highest BCUT2D eigenvalue weighted by molar-refractivity contribution is 5.84. The number of hydrogen-bond donors (Lipinski definition) is 2. The Kier molecular flexibility index (Phi) is 4.77. The first-order valence-electron chi connectivity index (χ1n) is 6.52. The number of nitrogens with one attached hydrogen (secondary N) is 2. The number of carbonyl (C=O) groups is 1. The van der Waals surface area contributed by atoms with Crippen molar-refractivity contribution < 1.29 is 13.9 Å². The Hall–Kier alpha value is -2.56. The molecular weight excluding hydrogens is 271 g/mol. The van der Waals surface area contributed by atoms with E-state index in [1.807, 2.05) is 19.1 Å². The van der Waals surface area contributed by atoms with Crippen LogP contribution in [0.1, 0.15) is 11.1 Å². The second-order valence-electron chi connectivity index (χ2n) is 4.62. The monoisotopic (exact) mass is 288 g/mol. The van der Waals surface area contributed by atoms with Crippen molar-refractivity contribution in [3.05, 3.63) is 59.4 Å². The number of hydrogen-bond acceptors (Lipinski definition) is 3. The standard InChI is InChI=1S/C16H17FN2O2/c1-11-9-13(17)4-3-12(11)10-18-14-5-7-15(8-6-14)19-16(20)21-2/h3-9,18H,10H2,1-2H3,(H,19,20). The first-order chi connectivity index (χ1) is 10.1. The van der Waals surface area contributed by atoms with E-state index >= 15 is 0 Å². The van der Waals surface area contributed by atoms with E-state index in [0.29, 0.717) is 12.2 Å². The molecule has 21 heavy (non-hydrogen) atoms. The van der Waals surface area contributed by atoms with E-state index in [1.165, 1.54) is 19.2 Å². The van der Waals surface area contributed by atoms with E-state index in [4.69, 9.17) is 0 Å². The van der Waals surface area contributed by atoms with Crippen LogP contribution in [0.15, 0.2) is 42.5 Å². The Balaban J connectivity index is 1.96. The third-order valence-corrected chi connectivity index (χ3v) is 3.10. The van der Waals surface area contributed by atoms with Gasteiger partial charge in [-0.1, -0.05) is 6.07 Å². The SMILES string of the molecule is COC(=O)Nc1ccc(NCc2ccc(F)cc2C)cc1. The van der Waals surface area contributed by atoms with Gasteiger partial charge in [0.05, 0.1) is 7.11 Å². The second-order valence-corrected chi connectivity index (χ2v) is 4.62. The van der Waals surface area contributed by atoms with E-state index < -0.39 is 6.09 Å². The van der Waals surface area contributed by atoms with Gasteiger partial charge < -0.3 is 10.1 Å². The Morgan fingerprint density at radius 2 is 1.81 bits per heavy atom. The topological polar surface area (TPSA) is 50.4 Å². The molecule has 0 aliphatic rings.